The number of rotatable bonds is 8. The van der Waals surface area contributed by atoms with Gasteiger partial charge >= 0.3 is 0 Å². The lowest BCUT2D eigenvalue weighted by molar-refractivity contribution is -0.0302. The van der Waals surface area contributed by atoms with Crippen LogP contribution in [0.3, 0.4) is 0 Å². The van der Waals surface area contributed by atoms with E-state index in [-0.39, 0.29) is 12.2 Å². The normalized spacial score (nSPS) is 19.5. The van der Waals surface area contributed by atoms with Crippen LogP contribution in [0.15, 0.2) is 96.6 Å². The Hall–Kier alpha value is -2.92. The van der Waals surface area contributed by atoms with E-state index in [1.54, 1.807) is 7.11 Å². The summed E-state index contributed by atoms with van der Waals surface area (Å²) < 4.78 is 23.7. The molecule has 3 aromatic rings. The minimum Gasteiger partial charge on any atom is -0.497 e. The molecule has 0 radical (unpaired) electrons. The van der Waals surface area contributed by atoms with Crippen LogP contribution in [0.2, 0.25) is 0 Å². The van der Waals surface area contributed by atoms with Crippen molar-refractivity contribution in [3.8, 4) is 5.75 Å². The van der Waals surface area contributed by atoms with Crippen LogP contribution >= 0.6 is 0 Å². The zero-order valence-corrected chi connectivity index (χ0v) is 17.9. The minimum absolute atomic E-state index is 0.155. The van der Waals surface area contributed by atoms with Gasteiger partial charge in [-0.05, 0) is 47.4 Å². The second-order valence-corrected chi connectivity index (χ2v) is 7.66. The van der Waals surface area contributed by atoms with Crippen molar-refractivity contribution in [3.05, 3.63) is 113 Å². The molecule has 31 heavy (non-hydrogen) atoms. The number of ether oxygens (including phenoxy) is 4. The summed E-state index contributed by atoms with van der Waals surface area (Å²) in [6.07, 6.45) is 1.28. The van der Waals surface area contributed by atoms with Crippen LogP contribution in [0.5, 0.6) is 5.75 Å². The summed E-state index contributed by atoms with van der Waals surface area (Å²) in [5, 5.41) is 0. The molecule has 1 heterocycles. The Kier molecular flexibility index (Phi) is 7.15. The van der Waals surface area contributed by atoms with Gasteiger partial charge in [0.15, 0.2) is 6.29 Å². The molecule has 1 aliphatic heterocycles. The zero-order valence-electron chi connectivity index (χ0n) is 17.9. The van der Waals surface area contributed by atoms with Crippen LogP contribution in [0.25, 0.3) is 0 Å². The van der Waals surface area contributed by atoms with Crippen molar-refractivity contribution in [1.82, 2.24) is 0 Å². The van der Waals surface area contributed by atoms with Gasteiger partial charge in [0.2, 0.25) is 0 Å². The molecule has 1 aliphatic rings. The van der Waals surface area contributed by atoms with Gasteiger partial charge in [-0.2, -0.15) is 0 Å². The van der Waals surface area contributed by atoms with E-state index in [1.807, 2.05) is 73.7 Å². The van der Waals surface area contributed by atoms with E-state index < -0.39 is 6.29 Å². The van der Waals surface area contributed by atoms with Gasteiger partial charge in [0, 0.05) is 0 Å². The van der Waals surface area contributed by atoms with Crippen molar-refractivity contribution in [2.45, 2.75) is 32.0 Å². The largest absolute Gasteiger partial charge is 0.497 e. The second kappa shape index (κ2) is 10.4. The van der Waals surface area contributed by atoms with Crippen molar-refractivity contribution < 1.29 is 18.9 Å². The molecule has 0 aliphatic carbocycles. The Morgan fingerprint density at radius 1 is 0.806 bits per heavy atom. The average Bonchev–Trinajstić information content (AvgIpc) is 3.24. The average molecular weight is 417 g/mol. The SMILES string of the molecule is COc1ccc(COC/C(C)=C/C2O[C@@H](c3ccccc3)[C@H](c3ccccc3)O2)cc1. The first-order valence-corrected chi connectivity index (χ1v) is 10.5. The van der Waals surface area contributed by atoms with Gasteiger partial charge in [-0.15, -0.1) is 0 Å². The lowest BCUT2D eigenvalue weighted by Gasteiger charge is -2.17. The smallest absolute Gasteiger partial charge is 0.179 e. The van der Waals surface area contributed by atoms with Crippen molar-refractivity contribution in [2.24, 2.45) is 0 Å². The fourth-order valence-corrected chi connectivity index (χ4v) is 3.67. The molecule has 0 N–H and O–H groups in total. The third-order valence-electron chi connectivity index (χ3n) is 5.27. The molecule has 1 saturated heterocycles. The summed E-state index contributed by atoms with van der Waals surface area (Å²) in [5.41, 5.74) is 4.40. The Balaban J connectivity index is 1.39. The van der Waals surface area contributed by atoms with E-state index in [9.17, 15) is 0 Å². The van der Waals surface area contributed by atoms with Gasteiger partial charge in [0.1, 0.15) is 18.0 Å². The molecule has 4 rings (SSSR count). The molecule has 2 atom stereocenters. The number of methoxy groups -OCH3 is 1. The number of hydrogen-bond donors (Lipinski definition) is 0. The molecule has 1 fully saturated rings. The number of benzene rings is 3. The molecule has 0 saturated carbocycles. The third-order valence-corrected chi connectivity index (χ3v) is 5.27. The topological polar surface area (TPSA) is 36.9 Å². The summed E-state index contributed by atoms with van der Waals surface area (Å²) in [4.78, 5) is 0. The maximum atomic E-state index is 6.31. The molecular weight excluding hydrogens is 388 g/mol. The van der Waals surface area contributed by atoms with E-state index in [1.165, 1.54) is 0 Å². The van der Waals surface area contributed by atoms with E-state index in [0.29, 0.717) is 13.2 Å². The fourth-order valence-electron chi connectivity index (χ4n) is 3.67. The summed E-state index contributed by atoms with van der Waals surface area (Å²) in [6.45, 7) is 3.09. The molecule has 3 aromatic carbocycles. The predicted octanol–water partition coefficient (Wildman–Crippen LogP) is 6.01. The van der Waals surface area contributed by atoms with Gasteiger partial charge in [0.25, 0.3) is 0 Å². The summed E-state index contributed by atoms with van der Waals surface area (Å²) in [5.74, 6) is 0.844. The van der Waals surface area contributed by atoms with Gasteiger partial charge in [-0.25, -0.2) is 0 Å². The maximum absolute atomic E-state index is 6.31. The van der Waals surface area contributed by atoms with E-state index >= 15 is 0 Å². The van der Waals surface area contributed by atoms with Crippen LogP contribution < -0.4 is 4.74 Å². The highest BCUT2D eigenvalue weighted by Crippen LogP contribution is 2.43. The highest BCUT2D eigenvalue weighted by Gasteiger charge is 2.37. The first kappa shape index (κ1) is 21.3. The molecule has 0 amide bonds. The van der Waals surface area contributed by atoms with Gasteiger partial charge < -0.3 is 18.9 Å². The standard InChI is InChI=1S/C27H28O4/c1-20(18-29-19-21-13-15-24(28-2)16-14-21)17-25-30-26(22-9-5-3-6-10-22)27(31-25)23-11-7-4-8-12-23/h3-17,25-27H,18-19H2,1-2H3/b20-17+/t26-,27-/m0/s1. The molecule has 0 aromatic heterocycles. The van der Waals surface area contributed by atoms with Crippen LogP contribution in [0.1, 0.15) is 35.8 Å². The first-order valence-electron chi connectivity index (χ1n) is 10.5. The Morgan fingerprint density at radius 2 is 1.35 bits per heavy atom. The Bertz CT molecular complexity index is 920. The van der Waals surface area contributed by atoms with E-state index in [0.717, 1.165) is 28.0 Å². The maximum Gasteiger partial charge on any atom is 0.179 e. The second-order valence-electron chi connectivity index (χ2n) is 7.66. The van der Waals surface area contributed by atoms with Crippen molar-refractivity contribution in [1.29, 1.82) is 0 Å². The lowest BCUT2D eigenvalue weighted by Crippen LogP contribution is -2.07. The van der Waals surface area contributed by atoms with Gasteiger partial charge in [0.05, 0.1) is 20.3 Å². The molecule has 4 heteroatoms. The van der Waals surface area contributed by atoms with Crippen LogP contribution in [0, 0.1) is 0 Å². The lowest BCUT2D eigenvalue weighted by atomic mass is 9.99. The van der Waals surface area contributed by atoms with Crippen molar-refractivity contribution in [2.75, 3.05) is 13.7 Å². The molecular formula is C27H28O4. The quantitative estimate of drug-likeness (QED) is 0.421. The number of hydrogen-bond acceptors (Lipinski definition) is 4. The van der Waals surface area contributed by atoms with E-state index in [4.69, 9.17) is 18.9 Å². The molecule has 160 valence electrons. The molecule has 4 nitrogen and oxygen atoms in total. The van der Waals surface area contributed by atoms with Gasteiger partial charge in [-0.3, -0.25) is 0 Å². The first-order chi connectivity index (χ1) is 15.2. The Morgan fingerprint density at radius 3 is 1.87 bits per heavy atom. The monoisotopic (exact) mass is 416 g/mol. The van der Waals surface area contributed by atoms with Crippen LogP contribution in [0.4, 0.5) is 0 Å². The van der Waals surface area contributed by atoms with Crippen LogP contribution in [-0.4, -0.2) is 20.0 Å². The highest BCUT2D eigenvalue weighted by atomic mass is 16.7. The van der Waals surface area contributed by atoms with Crippen molar-refractivity contribution >= 4 is 0 Å². The minimum atomic E-state index is -0.417. The predicted molar refractivity (Wildman–Crippen MR) is 121 cm³/mol. The zero-order chi connectivity index (χ0) is 21.5. The van der Waals surface area contributed by atoms with Crippen molar-refractivity contribution in [3.63, 3.8) is 0 Å². The summed E-state index contributed by atoms with van der Waals surface area (Å²) in [6, 6.07) is 28.4. The van der Waals surface area contributed by atoms with E-state index in [2.05, 4.69) is 24.3 Å². The Labute approximate surface area is 184 Å². The fraction of sp³-hybridized carbons (Fsp3) is 0.259. The van der Waals surface area contributed by atoms with Crippen LogP contribution in [-0.2, 0) is 20.8 Å². The third kappa shape index (κ3) is 5.61. The molecule has 0 unspecified atom stereocenters. The highest BCUT2D eigenvalue weighted by molar-refractivity contribution is 5.28. The molecule has 0 spiro atoms. The summed E-state index contributed by atoms with van der Waals surface area (Å²) in [7, 11) is 1.66. The molecule has 0 bridgehead atoms. The summed E-state index contributed by atoms with van der Waals surface area (Å²) >= 11 is 0. The van der Waals surface area contributed by atoms with Gasteiger partial charge in [-0.1, -0.05) is 72.8 Å².